The van der Waals surface area contributed by atoms with Crippen LogP contribution in [0.3, 0.4) is 0 Å². The summed E-state index contributed by atoms with van der Waals surface area (Å²) >= 11 is 0. The molecule has 1 N–H and O–H groups in total. The molecular formula is C32H41N5O6S. The molecule has 0 saturated carbocycles. The third-order valence-corrected chi connectivity index (χ3v) is 9.13. The van der Waals surface area contributed by atoms with Crippen LogP contribution in [0.2, 0.25) is 0 Å². The molecule has 0 radical (unpaired) electrons. The largest absolute Gasteiger partial charge is 0.480 e. The fraction of sp³-hybridized carbons (Fsp3) is 0.438. The van der Waals surface area contributed by atoms with Crippen molar-refractivity contribution in [3.05, 3.63) is 77.6 Å². The van der Waals surface area contributed by atoms with Crippen LogP contribution in [0.4, 0.5) is 0 Å². The highest BCUT2D eigenvalue weighted by Crippen LogP contribution is 2.26. The van der Waals surface area contributed by atoms with Gasteiger partial charge in [0.05, 0.1) is 31.6 Å². The molecule has 44 heavy (non-hydrogen) atoms. The number of carbonyl (C=O) groups is 2. The third kappa shape index (κ3) is 8.32. The van der Waals surface area contributed by atoms with Gasteiger partial charge in [0.1, 0.15) is 6.33 Å². The maximum atomic E-state index is 13.4. The summed E-state index contributed by atoms with van der Waals surface area (Å²) in [4.78, 5) is 39.3. The quantitative estimate of drug-likeness (QED) is 0.305. The summed E-state index contributed by atoms with van der Waals surface area (Å²) in [6, 6.07) is 16.2. The average molecular weight is 624 g/mol. The van der Waals surface area contributed by atoms with Crippen molar-refractivity contribution >= 4 is 21.7 Å². The number of sulfone groups is 1. The first-order valence-corrected chi connectivity index (χ1v) is 16.6. The predicted molar refractivity (Wildman–Crippen MR) is 167 cm³/mol. The number of likely N-dealkylation sites (tertiary alicyclic amines) is 1. The lowest BCUT2D eigenvalue weighted by Crippen LogP contribution is -2.48. The van der Waals surface area contributed by atoms with Crippen LogP contribution in [0.15, 0.2) is 65.8 Å². The molecule has 2 aromatic carbocycles. The fourth-order valence-electron chi connectivity index (χ4n) is 5.63. The number of carbonyl (C=O) groups excluding carboxylic acids is 2. The standard InChI is InChI=1S/C32H41N5O6S/c1-5-37(28(38)21-23-11-13-26(14-12-23)44(4,40)41)25-15-18-36(19-16-25)20-17-27(24-9-7-6-8-10-24)35-30(39)29-31(42-2)33-22-34-32(29)43-3/h6-14,22,25,27H,5,15-21H2,1-4H3,(H,35,39)/t27-/m0/s1. The molecule has 1 aliphatic rings. The molecule has 0 unspecified atom stereocenters. The van der Waals surface area contributed by atoms with Gasteiger partial charge in [-0.2, -0.15) is 0 Å². The number of rotatable bonds is 13. The number of aromatic nitrogens is 2. The number of nitrogens with zero attached hydrogens (tertiary/aromatic N) is 4. The number of amides is 2. The Morgan fingerprint density at radius 1 is 1.00 bits per heavy atom. The highest BCUT2D eigenvalue weighted by molar-refractivity contribution is 7.90. The second-order valence-electron chi connectivity index (χ2n) is 10.8. The molecular weight excluding hydrogens is 582 g/mol. The van der Waals surface area contributed by atoms with E-state index in [-0.39, 0.29) is 52.5 Å². The zero-order valence-corrected chi connectivity index (χ0v) is 26.5. The SMILES string of the molecule is CCN(C(=O)Cc1ccc(S(C)(=O)=O)cc1)C1CCN(CC[C@H](NC(=O)c2c(OC)ncnc2OC)c2ccccc2)CC1. The fourth-order valence-corrected chi connectivity index (χ4v) is 6.26. The summed E-state index contributed by atoms with van der Waals surface area (Å²) in [5, 5.41) is 3.13. The Kier molecular flexibility index (Phi) is 11.3. The van der Waals surface area contributed by atoms with E-state index in [4.69, 9.17) is 9.47 Å². The summed E-state index contributed by atoms with van der Waals surface area (Å²) in [5.74, 6) is -0.0519. The summed E-state index contributed by atoms with van der Waals surface area (Å²) in [6.07, 6.45) is 5.08. The molecule has 0 spiro atoms. The number of methoxy groups -OCH3 is 2. The van der Waals surface area contributed by atoms with Gasteiger partial charge in [-0.15, -0.1) is 0 Å². The number of ether oxygens (including phenoxy) is 2. The number of likely N-dealkylation sites (N-methyl/N-ethyl adjacent to an activating group) is 1. The Morgan fingerprint density at radius 3 is 2.16 bits per heavy atom. The minimum Gasteiger partial charge on any atom is -0.480 e. The van der Waals surface area contributed by atoms with Gasteiger partial charge in [-0.1, -0.05) is 42.5 Å². The van der Waals surface area contributed by atoms with Crippen molar-refractivity contribution in [2.45, 2.75) is 49.6 Å². The van der Waals surface area contributed by atoms with Crippen LogP contribution in [0.1, 0.15) is 53.7 Å². The van der Waals surface area contributed by atoms with Crippen molar-refractivity contribution in [1.29, 1.82) is 0 Å². The molecule has 1 aliphatic heterocycles. The molecule has 4 rings (SSSR count). The molecule has 3 aromatic rings. The minimum absolute atomic E-state index is 0.0423. The van der Waals surface area contributed by atoms with Crippen LogP contribution in [-0.2, 0) is 21.1 Å². The van der Waals surface area contributed by atoms with E-state index in [9.17, 15) is 18.0 Å². The summed E-state index contributed by atoms with van der Waals surface area (Å²) in [5.41, 5.74) is 1.93. The Hall–Kier alpha value is -4.03. The van der Waals surface area contributed by atoms with Crippen LogP contribution < -0.4 is 14.8 Å². The topological polar surface area (TPSA) is 131 Å². The molecule has 1 fully saturated rings. The Balaban J connectivity index is 1.35. The first-order chi connectivity index (χ1) is 21.1. The smallest absolute Gasteiger partial charge is 0.262 e. The average Bonchev–Trinajstić information content (AvgIpc) is 3.03. The molecule has 2 heterocycles. The molecule has 2 amide bonds. The highest BCUT2D eigenvalue weighted by Gasteiger charge is 2.29. The lowest BCUT2D eigenvalue weighted by Gasteiger charge is -2.38. The monoisotopic (exact) mass is 623 g/mol. The van der Waals surface area contributed by atoms with Gasteiger partial charge in [-0.05, 0) is 49.4 Å². The van der Waals surface area contributed by atoms with Crippen LogP contribution >= 0.6 is 0 Å². The molecule has 1 atom stereocenters. The van der Waals surface area contributed by atoms with Crippen molar-refractivity contribution in [1.82, 2.24) is 25.1 Å². The normalized spacial score (nSPS) is 14.9. The molecule has 1 saturated heterocycles. The van der Waals surface area contributed by atoms with Crippen LogP contribution in [0, 0.1) is 0 Å². The number of piperidine rings is 1. The molecule has 12 heteroatoms. The third-order valence-electron chi connectivity index (χ3n) is 8.00. The van der Waals surface area contributed by atoms with Crippen molar-refractivity contribution in [2.75, 3.05) is 46.7 Å². The first kappa shape index (κ1) is 32.9. The zero-order chi connectivity index (χ0) is 31.7. The number of hydrogen-bond donors (Lipinski definition) is 1. The molecule has 1 aromatic heterocycles. The van der Waals surface area contributed by atoms with Crippen LogP contribution in [0.25, 0.3) is 0 Å². The molecule has 0 bridgehead atoms. The van der Waals surface area contributed by atoms with E-state index in [2.05, 4.69) is 20.2 Å². The number of benzene rings is 2. The van der Waals surface area contributed by atoms with E-state index in [1.54, 1.807) is 24.3 Å². The number of nitrogens with one attached hydrogen (secondary N) is 1. The second kappa shape index (κ2) is 15.1. The van der Waals surface area contributed by atoms with E-state index in [1.165, 1.54) is 26.8 Å². The van der Waals surface area contributed by atoms with Gasteiger partial charge in [0.15, 0.2) is 15.4 Å². The van der Waals surface area contributed by atoms with E-state index in [0.717, 1.165) is 43.6 Å². The van der Waals surface area contributed by atoms with Gasteiger partial charge in [0.2, 0.25) is 17.7 Å². The Bertz CT molecular complexity index is 1490. The lowest BCUT2D eigenvalue weighted by molar-refractivity contribution is -0.133. The Morgan fingerprint density at radius 2 is 1.61 bits per heavy atom. The van der Waals surface area contributed by atoms with E-state index >= 15 is 0 Å². The maximum Gasteiger partial charge on any atom is 0.262 e. The predicted octanol–water partition coefficient (Wildman–Crippen LogP) is 3.31. The van der Waals surface area contributed by atoms with Gasteiger partial charge < -0.3 is 24.6 Å². The van der Waals surface area contributed by atoms with Crippen molar-refractivity contribution in [3.8, 4) is 11.8 Å². The van der Waals surface area contributed by atoms with Crippen molar-refractivity contribution in [3.63, 3.8) is 0 Å². The van der Waals surface area contributed by atoms with E-state index in [0.29, 0.717) is 13.0 Å². The van der Waals surface area contributed by atoms with Gasteiger partial charge in [0.25, 0.3) is 5.91 Å². The van der Waals surface area contributed by atoms with Gasteiger partial charge in [-0.25, -0.2) is 18.4 Å². The Labute approximate surface area is 259 Å². The van der Waals surface area contributed by atoms with E-state index in [1.807, 2.05) is 42.2 Å². The summed E-state index contributed by atoms with van der Waals surface area (Å²) in [7, 11) is -0.385. The first-order valence-electron chi connectivity index (χ1n) is 14.7. The second-order valence-corrected chi connectivity index (χ2v) is 12.9. The van der Waals surface area contributed by atoms with Gasteiger partial charge >= 0.3 is 0 Å². The zero-order valence-electron chi connectivity index (χ0n) is 25.7. The summed E-state index contributed by atoms with van der Waals surface area (Å²) < 4.78 is 34.1. The highest BCUT2D eigenvalue weighted by atomic mass is 32.2. The molecule has 11 nitrogen and oxygen atoms in total. The van der Waals surface area contributed by atoms with Gasteiger partial charge in [-0.3, -0.25) is 9.59 Å². The van der Waals surface area contributed by atoms with Gasteiger partial charge in [0, 0.05) is 38.5 Å². The van der Waals surface area contributed by atoms with Crippen LogP contribution in [0.5, 0.6) is 11.8 Å². The lowest BCUT2D eigenvalue weighted by atomic mass is 9.99. The van der Waals surface area contributed by atoms with Crippen LogP contribution in [-0.4, -0.2) is 92.7 Å². The number of hydrogen-bond acceptors (Lipinski definition) is 9. The minimum atomic E-state index is -3.28. The maximum absolute atomic E-state index is 13.4. The van der Waals surface area contributed by atoms with Crippen molar-refractivity contribution in [2.24, 2.45) is 0 Å². The summed E-state index contributed by atoms with van der Waals surface area (Å²) in [6.45, 7) is 5.04. The van der Waals surface area contributed by atoms with Crippen molar-refractivity contribution < 1.29 is 27.5 Å². The molecule has 0 aliphatic carbocycles. The molecule has 236 valence electrons. The van der Waals surface area contributed by atoms with E-state index < -0.39 is 9.84 Å².